The second-order valence-electron chi connectivity index (χ2n) is 5.93. The molecule has 0 atom stereocenters. The summed E-state index contributed by atoms with van der Waals surface area (Å²) < 4.78 is 2.16. The molecular formula is C18H25ClI2N3O4V+. The zero-order chi connectivity index (χ0) is 20.0. The Balaban J connectivity index is 0.000000453. The van der Waals surface area contributed by atoms with Gasteiger partial charge < -0.3 is 7.43 Å². The number of hydrogen-bond acceptors (Lipinski definition) is 4. The van der Waals surface area contributed by atoms with Crippen LogP contribution in [0.3, 0.4) is 0 Å². The molecule has 0 amide bonds. The van der Waals surface area contributed by atoms with Gasteiger partial charge in [0.1, 0.15) is 5.56 Å². The van der Waals surface area contributed by atoms with Crippen molar-refractivity contribution in [1.29, 1.82) is 0 Å². The second-order valence-corrected chi connectivity index (χ2v) is 18.1. The summed E-state index contributed by atoms with van der Waals surface area (Å²) in [4.78, 5) is 10.2. The Labute approximate surface area is 205 Å². The van der Waals surface area contributed by atoms with Gasteiger partial charge in [0.2, 0.25) is 23.8 Å². The summed E-state index contributed by atoms with van der Waals surface area (Å²) in [7, 11) is 0.628. The normalized spacial score (nSPS) is 12.5. The van der Waals surface area contributed by atoms with Gasteiger partial charge in [-0.15, -0.1) is 0 Å². The second kappa shape index (κ2) is 13.8. The summed E-state index contributed by atoms with van der Waals surface area (Å²) in [5.74, 6) is 0. The molecule has 0 bridgehead atoms. The standard InChI is InChI=1S/C8H9ClNO.C8H9N2O3.CH4.CH3.2HI.V/c9-7-4-5-10(11)8-3-1-2-6(7)8;11-9-5-4-8(10(12)13)6-2-1-3-7(6)9;;;;;/h4-5,11H,1-3H2;4-5,11H,1-3H2;1H4;1H3;2*1H;/q2*+1;;-1;;;+2/p-2. The van der Waals surface area contributed by atoms with E-state index in [1.165, 1.54) is 17.0 Å². The molecule has 0 saturated carbocycles. The summed E-state index contributed by atoms with van der Waals surface area (Å²) in [6.07, 6.45) is 8.22. The maximum atomic E-state index is 10.6. The third-order valence-corrected chi connectivity index (χ3v) is 4.81. The quantitative estimate of drug-likeness (QED) is 0.113. The van der Waals surface area contributed by atoms with Gasteiger partial charge in [-0.3, -0.25) is 20.5 Å². The van der Waals surface area contributed by atoms with Crippen molar-refractivity contribution < 1.29 is 34.3 Å². The predicted octanol–water partition coefficient (Wildman–Crippen LogP) is 4.82. The minimum absolute atomic E-state index is 0. The Morgan fingerprint density at radius 2 is 1.45 bits per heavy atom. The number of rotatable bonds is 1. The first-order valence-electron chi connectivity index (χ1n) is 8.14. The zero-order valence-corrected chi connectivity index (χ0v) is 21.7. The molecule has 2 N–H and O–H groups in total. The van der Waals surface area contributed by atoms with Crippen LogP contribution in [0.4, 0.5) is 5.69 Å². The van der Waals surface area contributed by atoms with E-state index in [9.17, 15) is 20.5 Å². The summed E-state index contributed by atoms with van der Waals surface area (Å²) >= 11 is 10.7. The third kappa shape index (κ3) is 7.37. The molecule has 0 aromatic carbocycles. The fraction of sp³-hybridized carbons (Fsp3) is 0.389. The van der Waals surface area contributed by atoms with Crippen LogP contribution in [0.1, 0.15) is 42.8 Å². The summed E-state index contributed by atoms with van der Waals surface area (Å²) in [5, 5.41) is 30.0. The van der Waals surface area contributed by atoms with E-state index in [4.69, 9.17) is 11.6 Å². The van der Waals surface area contributed by atoms with E-state index in [-0.39, 0.29) is 20.5 Å². The van der Waals surface area contributed by atoms with Crippen molar-refractivity contribution in [2.24, 2.45) is 0 Å². The van der Waals surface area contributed by atoms with Crippen LogP contribution in [0.5, 0.6) is 0 Å². The van der Waals surface area contributed by atoms with Crippen molar-refractivity contribution in [3.05, 3.63) is 69.6 Å². The van der Waals surface area contributed by atoms with Crippen molar-refractivity contribution in [2.45, 2.75) is 46.0 Å². The maximum absolute atomic E-state index is 10.6. The fourth-order valence-corrected chi connectivity index (χ4v) is 3.58. The van der Waals surface area contributed by atoms with E-state index in [2.05, 4.69) is 40.0 Å². The van der Waals surface area contributed by atoms with Crippen molar-refractivity contribution in [3.63, 3.8) is 0 Å². The molecule has 0 fully saturated rings. The van der Waals surface area contributed by atoms with E-state index in [0.29, 0.717) is 33.6 Å². The number of halogens is 3. The Morgan fingerprint density at radius 3 is 1.93 bits per heavy atom. The van der Waals surface area contributed by atoms with Gasteiger partial charge in [0.15, 0.2) is 0 Å². The molecule has 0 radical (unpaired) electrons. The van der Waals surface area contributed by atoms with Gasteiger partial charge in [0, 0.05) is 33.9 Å². The minimum atomic E-state index is -0.399. The molecule has 161 valence electrons. The Morgan fingerprint density at radius 1 is 1.00 bits per heavy atom. The summed E-state index contributed by atoms with van der Waals surface area (Å²) in [6, 6.07) is 3.07. The van der Waals surface area contributed by atoms with Crippen LogP contribution in [-0.4, -0.2) is 15.3 Å². The molecular weight excluding hydrogens is 662 g/mol. The van der Waals surface area contributed by atoms with Crippen molar-refractivity contribution in [3.8, 4) is 0 Å². The Hall–Kier alpha value is -0.366. The number of aromatic nitrogens is 2. The number of nitrogens with zero attached hydrogens (tertiary/aromatic N) is 3. The first-order chi connectivity index (χ1) is 12.9. The average Bonchev–Trinajstić information content (AvgIpc) is 3.30. The van der Waals surface area contributed by atoms with Crippen molar-refractivity contribution >= 4 is 57.2 Å². The van der Waals surface area contributed by atoms with Crippen LogP contribution in [0.15, 0.2) is 24.5 Å². The molecule has 7 nitrogen and oxygen atoms in total. The molecule has 0 unspecified atom stereocenters. The molecule has 2 aliphatic rings. The van der Waals surface area contributed by atoms with Gasteiger partial charge in [-0.05, 0) is 25.7 Å². The van der Waals surface area contributed by atoms with E-state index >= 15 is 0 Å². The molecule has 4 rings (SSSR count). The molecule has 2 aliphatic carbocycles. The van der Waals surface area contributed by atoms with Crippen LogP contribution in [-0.2, 0) is 35.1 Å². The summed E-state index contributed by atoms with van der Waals surface area (Å²) in [6.45, 7) is 0. The molecule has 0 aliphatic heterocycles. The fourth-order valence-electron chi connectivity index (χ4n) is 3.32. The molecule has 0 spiro atoms. The van der Waals surface area contributed by atoms with Gasteiger partial charge in [0.25, 0.3) is 5.69 Å². The molecule has 2 aromatic heterocycles. The number of pyridine rings is 2. The van der Waals surface area contributed by atoms with Gasteiger partial charge in [-0.1, -0.05) is 19.0 Å². The molecule has 29 heavy (non-hydrogen) atoms. The number of nitro groups is 1. The zero-order valence-electron chi connectivity index (χ0n) is 15.2. The van der Waals surface area contributed by atoms with Crippen molar-refractivity contribution in [1.82, 2.24) is 0 Å². The number of hydrogen-bond donors (Lipinski definition) is 2. The predicted molar refractivity (Wildman–Crippen MR) is 125 cm³/mol. The average molecular weight is 688 g/mol. The first-order valence-corrected chi connectivity index (χ1v) is 17.5. The molecule has 2 aromatic rings. The van der Waals surface area contributed by atoms with Crippen LogP contribution >= 0.6 is 51.6 Å². The number of fused-ring (bicyclic) bond motifs is 2. The van der Waals surface area contributed by atoms with E-state index in [1.54, 1.807) is 12.3 Å². The van der Waals surface area contributed by atoms with Gasteiger partial charge in [0.05, 0.1) is 16.0 Å². The van der Waals surface area contributed by atoms with Crippen LogP contribution in [0.2, 0.25) is 5.02 Å². The molecule has 11 heteroatoms. The molecule has 0 saturated heterocycles. The third-order valence-electron chi connectivity index (χ3n) is 4.46. The van der Waals surface area contributed by atoms with Crippen LogP contribution < -0.4 is 9.46 Å². The summed E-state index contributed by atoms with van der Waals surface area (Å²) in [5.41, 5.74) is 3.55. The van der Waals surface area contributed by atoms with E-state index in [1.807, 2.05) is 0 Å². The SMILES string of the molecule is C.O=[N+]([O-])c1cc[n+](O)c2c1CCC2.O[n+]1ccc(Cl)c2c1CCC2.[CH3-].[I][V][I]. The molecule has 2 heterocycles. The Kier molecular flexibility index (Phi) is 13.7. The van der Waals surface area contributed by atoms with E-state index < -0.39 is 4.92 Å². The van der Waals surface area contributed by atoms with Gasteiger partial charge in [-0.2, -0.15) is 0 Å². The topological polar surface area (TPSA) is 91.4 Å². The first kappa shape index (κ1) is 28.6. The van der Waals surface area contributed by atoms with Crippen molar-refractivity contribution in [2.75, 3.05) is 0 Å². The Bertz CT molecular complexity index is 814. The van der Waals surface area contributed by atoms with Gasteiger partial charge >= 0.3 is 49.4 Å². The monoisotopic (exact) mass is 687 g/mol. The van der Waals surface area contributed by atoms with Crippen LogP contribution in [0.25, 0.3) is 0 Å². The van der Waals surface area contributed by atoms with E-state index in [0.717, 1.165) is 46.7 Å². The van der Waals surface area contributed by atoms with Crippen LogP contribution in [0, 0.1) is 17.5 Å². The van der Waals surface area contributed by atoms with Gasteiger partial charge in [-0.25, -0.2) is 0 Å².